The smallest absolute Gasteiger partial charge is 0.338 e. The molecule has 176 valence electrons. The molecular formula is C27H31FO5. The van der Waals surface area contributed by atoms with Crippen LogP contribution in [0.15, 0.2) is 66.8 Å². The van der Waals surface area contributed by atoms with Gasteiger partial charge >= 0.3 is 11.9 Å². The van der Waals surface area contributed by atoms with Gasteiger partial charge in [0.2, 0.25) is 0 Å². The molecule has 33 heavy (non-hydrogen) atoms. The lowest BCUT2D eigenvalue weighted by Gasteiger charge is -2.35. The summed E-state index contributed by atoms with van der Waals surface area (Å²) in [7, 11) is 0. The third-order valence-electron chi connectivity index (χ3n) is 4.63. The van der Waals surface area contributed by atoms with E-state index in [4.69, 9.17) is 14.2 Å². The van der Waals surface area contributed by atoms with E-state index in [9.17, 15) is 14.0 Å². The van der Waals surface area contributed by atoms with Crippen LogP contribution >= 0.6 is 0 Å². The molecule has 5 nitrogen and oxygen atoms in total. The van der Waals surface area contributed by atoms with Crippen LogP contribution in [-0.2, 0) is 14.3 Å². The first-order valence-electron chi connectivity index (χ1n) is 10.5. The van der Waals surface area contributed by atoms with Crippen LogP contribution in [0.5, 0.6) is 11.5 Å². The Hall–Kier alpha value is -3.41. The highest BCUT2D eigenvalue weighted by molar-refractivity contribution is 5.89. The molecule has 0 radical (unpaired) electrons. The number of esters is 2. The quantitative estimate of drug-likeness (QED) is 0.249. The van der Waals surface area contributed by atoms with Gasteiger partial charge in [-0.05, 0) is 76.9 Å². The van der Waals surface area contributed by atoms with Crippen molar-refractivity contribution in [2.75, 3.05) is 0 Å². The molecule has 2 aromatic rings. The number of halogens is 1. The minimum absolute atomic E-state index is 0.150. The highest BCUT2D eigenvalue weighted by Crippen LogP contribution is 2.31. The van der Waals surface area contributed by atoms with Gasteiger partial charge < -0.3 is 14.2 Å². The summed E-state index contributed by atoms with van der Waals surface area (Å²) in [6, 6.07) is 11.6. The molecule has 0 amide bonds. The first-order chi connectivity index (χ1) is 15.2. The summed E-state index contributed by atoms with van der Waals surface area (Å²) < 4.78 is 31.0. The largest absolute Gasteiger partial charge is 0.488 e. The van der Waals surface area contributed by atoms with Crippen molar-refractivity contribution in [2.24, 2.45) is 0 Å². The van der Waals surface area contributed by atoms with Crippen molar-refractivity contribution in [3.8, 4) is 22.6 Å². The van der Waals surface area contributed by atoms with E-state index < -0.39 is 29.0 Å². The van der Waals surface area contributed by atoms with Gasteiger partial charge in [-0.3, -0.25) is 0 Å². The van der Waals surface area contributed by atoms with Crippen LogP contribution in [0.25, 0.3) is 11.1 Å². The van der Waals surface area contributed by atoms with Gasteiger partial charge in [0.05, 0.1) is 0 Å². The lowest BCUT2D eigenvalue weighted by Crippen LogP contribution is -2.40. The van der Waals surface area contributed by atoms with Crippen molar-refractivity contribution in [2.45, 2.75) is 59.2 Å². The number of hydrogen-bond donors (Lipinski definition) is 0. The number of hydrogen-bond acceptors (Lipinski definition) is 5. The van der Waals surface area contributed by atoms with Crippen molar-refractivity contribution >= 4 is 11.9 Å². The summed E-state index contributed by atoms with van der Waals surface area (Å²) in [4.78, 5) is 23.5. The molecule has 0 aliphatic heterocycles. The molecule has 0 fully saturated rings. The second-order valence-corrected chi connectivity index (χ2v) is 9.31. The average molecular weight is 455 g/mol. The number of carbonyl (C=O) groups excluding carboxylic acids is 2. The molecule has 0 aromatic heterocycles. The van der Waals surface area contributed by atoms with Gasteiger partial charge in [0.15, 0.2) is 11.6 Å². The minimum atomic E-state index is -0.744. The summed E-state index contributed by atoms with van der Waals surface area (Å²) >= 11 is 0. The Balaban J connectivity index is 2.09. The third kappa shape index (κ3) is 7.59. The minimum Gasteiger partial charge on any atom is -0.488 e. The molecule has 0 unspecified atom stereocenters. The number of ether oxygens (including phenoxy) is 3. The van der Waals surface area contributed by atoms with Crippen molar-refractivity contribution in [3.05, 3.63) is 72.6 Å². The highest BCUT2D eigenvalue weighted by atomic mass is 19.1. The van der Waals surface area contributed by atoms with E-state index in [0.29, 0.717) is 23.3 Å². The lowest BCUT2D eigenvalue weighted by atomic mass is 9.92. The van der Waals surface area contributed by atoms with Gasteiger partial charge in [-0.15, -0.1) is 0 Å². The Morgan fingerprint density at radius 1 is 0.848 bits per heavy atom. The van der Waals surface area contributed by atoms with E-state index in [1.54, 1.807) is 25.1 Å². The van der Waals surface area contributed by atoms with E-state index in [1.807, 2.05) is 39.8 Å². The molecule has 0 N–H and O–H groups in total. The van der Waals surface area contributed by atoms with Crippen molar-refractivity contribution in [1.29, 1.82) is 0 Å². The zero-order valence-electron chi connectivity index (χ0n) is 20.1. The van der Waals surface area contributed by atoms with E-state index in [2.05, 4.69) is 13.2 Å². The van der Waals surface area contributed by atoms with Crippen LogP contribution in [0.4, 0.5) is 4.39 Å². The predicted octanol–water partition coefficient (Wildman–Crippen LogP) is 6.42. The monoisotopic (exact) mass is 454 g/mol. The van der Waals surface area contributed by atoms with Crippen LogP contribution in [0, 0.1) is 5.82 Å². The van der Waals surface area contributed by atoms with Gasteiger partial charge in [-0.1, -0.05) is 31.4 Å². The number of rotatable bonds is 9. The Kier molecular flexibility index (Phi) is 7.85. The van der Waals surface area contributed by atoms with Crippen LogP contribution in [0.3, 0.4) is 0 Å². The maximum absolute atomic E-state index is 14.4. The predicted molar refractivity (Wildman–Crippen MR) is 127 cm³/mol. The first kappa shape index (κ1) is 25.8. The van der Waals surface area contributed by atoms with E-state index in [0.717, 1.165) is 5.56 Å². The number of carbonyl (C=O) groups is 2. The van der Waals surface area contributed by atoms with Crippen LogP contribution < -0.4 is 9.47 Å². The molecule has 0 aliphatic carbocycles. The van der Waals surface area contributed by atoms with Gasteiger partial charge in [0, 0.05) is 17.6 Å². The summed E-state index contributed by atoms with van der Waals surface area (Å²) in [6.45, 7) is 17.7. The maximum Gasteiger partial charge on any atom is 0.338 e. The molecule has 0 bridgehead atoms. The van der Waals surface area contributed by atoms with Gasteiger partial charge in [0.1, 0.15) is 17.0 Å². The summed E-state index contributed by atoms with van der Waals surface area (Å²) in [5.41, 5.74) is 0.562. The van der Waals surface area contributed by atoms with Crippen molar-refractivity contribution < 1.29 is 28.2 Å². The zero-order valence-corrected chi connectivity index (χ0v) is 20.1. The Bertz CT molecular complexity index is 1060. The van der Waals surface area contributed by atoms with Gasteiger partial charge in [0.25, 0.3) is 0 Å². The fourth-order valence-corrected chi connectivity index (χ4v) is 3.42. The molecule has 0 heterocycles. The molecule has 0 saturated carbocycles. The molecule has 2 aromatic carbocycles. The van der Waals surface area contributed by atoms with Crippen LogP contribution in [-0.4, -0.2) is 23.1 Å². The second kappa shape index (κ2) is 10.0. The van der Waals surface area contributed by atoms with E-state index in [1.165, 1.54) is 19.1 Å². The molecule has 2 rings (SSSR count). The van der Waals surface area contributed by atoms with E-state index >= 15 is 0 Å². The Morgan fingerprint density at radius 2 is 1.39 bits per heavy atom. The van der Waals surface area contributed by atoms with E-state index in [-0.39, 0.29) is 11.3 Å². The fourth-order valence-electron chi connectivity index (χ4n) is 3.42. The summed E-state index contributed by atoms with van der Waals surface area (Å²) in [6.07, 6.45) is 0.455. The molecule has 0 spiro atoms. The zero-order chi connectivity index (χ0) is 25.0. The molecule has 0 aliphatic rings. The topological polar surface area (TPSA) is 61.8 Å². The molecule has 0 saturated heterocycles. The molecule has 0 atom stereocenters. The standard InChI is InChI=1S/C27H31FO5/c1-17(2)24(29)31-23-14-11-20(15-22(23)28)19-9-12-21(13-10-19)32-26(5,6)16-27(7,8)33-25(30)18(3)4/h9-15H,1,3,16H2,2,4-8H3. The van der Waals surface area contributed by atoms with Crippen LogP contribution in [0.1, 0.15) is 48.0 Å². The highest BCUT2D eigenvalue weighted by Gasteiger charge is 2.33. The van der Waals surface area contributed by atoms with Crippen molar-refractivity contribution in [3.63, 3.8) is 0 Å². The fraction of sp³-hybridized carbons (Fsp3) is 0.333. The van der Waals surface area contributed by atoms with Gasteiger partial charge in [-0.25, -0.2) is 14.0 Å². The second-order valence-electron chi connectivity index (χ2n) is 9.31. The maximum atomic E-state index is 14.4. The molecule has 6 heteroatoms. The van der Waals surface area contributed by atoms with Crippen molar-refractivity contribution in [1.82, 2.24) is 0 Å². The summed E-state index contributed by atoms with van der Waals surface area (Å²) in [5, 5.41) is 0. The third-order valence-corrected chi connectivity index (χ3v) is 4.63. The lowest BCUT2D eigenvalue weighted by molar-refractivity contribution is -0.155. The first-order valence-corrected chi connectivity index (χ1v) is 10.5. The van der Waals surface area contributed by atoms with Gasteiger partial charge in [-0.2, -0.15) is 0 Å². The molecular weight excluding hydrogens is 423 g/mol. The normalized spacial score (nSPS) is 11.5. The average Bonchev–Trinajstić information content (AvgIpc) is 2.68. The SMILES string of the molecule is C=C(C)C(=O)Oc1ccc(-c2ccc(OC(C)(C)CC(C)(C)OC(=O)C(=C)C)cc2)cc1F. The number of benzene rings is 2. The Labute approximate surface area is 194 Å². The Morgan fingerprint density at radius 3 is 1.91 bits per heavy atom. The van der Waals surface area contributed by atoms with Crippen LogP contribution in [0.2, 0.25) is 0 Å². The summed E-state index contributed by atoms with van der Waals surface area (Å²) in [5.74, 6) is -1.28.